The van der Waals surface area contributed by atoms with E-state index < -0.39 is 69.7 Å². The van der Waals surface area contributed by atoms with Crippen LogP contribution in [0.15, 0.2) is 72.8 Å². The van der Waals surface area contributed by atoms with Crippen molar-refractivity contribution in [3.05, 3.63) is 101 Å². The number of carbonyl (C=O) groups excluding carboxylic acids is 4. The number of fused-ring (bicyclic) bond motifs is 2. The van der Waals surface area contributed by atoms with Crippen molar-refractivity contribution in [2.75, 3.05) is 81.3 Å². The molecule has 3 saturated heterocycles. The summed E-state index contributed by atoms with van der Waals surface area (Å²) in [6.45, 7) is 3.59. The Bertz CT molecular complexity index is 2960. The van der Waals surface area contributed by atoms with Gasteiger partial charge in [-0.1, -0.05) is 24.3 Å². The Morgan fingerprint density at radius 1 is 0.899 bits per heavy atom. The third kappa shape index (κ3) is 9.41. The number of imide groups is 2. The Hall–Kier alpha value is -6.71. The van der Waals surface area contributed by atoms with E-state index >= 15 is 13.2 Å². The maximum Gasteiger partial charge on any atom is 0.329 e. The predicted octanol–water partition coefficient (Wildman–Crippen LogP) is 5.77. The zero-order valence-corrected chi connectivity index (χ0v) is 39.2. The highest BCUT2D eigenvalue weighted by Crippen LogP contribution is 2.41. The molecule has 0 spiro atoms. The van der Waals surface area contributed by atoms with Gasteiger partial charge in [-0.05, 0) is 66.9 Å². The van der Waals surface area contributed by atoms with Crippen LogP contribution in [0.1, 0.15) is 57.7 Å². The average Bonchev–Trinajstić information content (AvgIpc) is 3.75. The minimum Gasteiger partial charge on any atom is -0.493 e. The molecule has 0 bridgehead atoms. The lowest BCUT2D eigenvalue weighted by Gasteiger charge is -2.46. The van der Waals surface area contributed by atoms with E-state index in [0.717, 1.165) is 16.7 Å². The summed E-state index contributed by atoms with van der Waals surface area (Å²) in [7, 11) is -0.598. The summed E-state index contributed by atoms with van der Waals surface area (Å²) in [6, 6.07) is 16.4. The van der Waals surface area contributed by atoms with Crippen LogP contribution in [-0.4, -0.2) is 140 Å². The molecule has 4 aliphatic rings. The van der Waals surface area contributed by atoms with Crippen molar-refractivity contribution < 1.29 is 55.0 Å². The van der Waals surface area contributed by atoms with Gasteiger partial charge in [-0.3, -0.25) is 44.0 Å². The molecule has 1 aromatic heterocycles. The lowest BCUT2D eigenvalue weighted by molar-refractivity contribution is -0.129. The monoisotopic (exact) mass is 972 g/mol. The number of rotatable bonds is 14. The highest BCUT2D eigenvalue weighted by Gasteiger charge is 2.49. The first-order valence-electron chi connectivity index (χ1n) is 22.6. The fourth-order valence-corrected chi connectivity index (χ4v) is 10.7. The van der Waals surface area contributed by atoms with Gasteiger partial charge in [0.1, 0.15) is 15.6 Å². The average molecular weight is 973 g/mol. The van der Waals surface area contributed by atoms with E-state index in [2.05, 4.69) is 10.4 Å². The van der Waals surface area contributed by atoms with Crippen molar-refractivity contribution in [1.29, 1.82) is 0 Å². The topological polar surface area (TPSA) is 176 Å². The van der Waals surface area contributed by atoms with Gasteiger partial charge in [0.05, 0.1) is 60.4 Å². The molecule has 3 fully saturated rings. The predicted molar refractivity (Wildman–Crippen MR) is 249 cm³/mol. The lowest BCUT2D eigenvalue weighted by Crippen LogP contribution is -2.61. The molecule has 364 valence electrons. The van der Waals surface area contributed by atoms with Crippen LogP contribution < -0.4 is 29.3 Å². The van der Waals surface area contributed by atoms with E-state index in [1.807, 2.05) is 4.90 Å². The number of hydrogen-bond acceptors (Lipinski definition) is 13. The van der Waals surface area contributed by atoms with Crippen molar-refractivity contribution in [2.45, 2.75) is 44.3 Å². The quantitative estimate of drug-likeness (QED) is 0.133. The number of piperidine rings is 1. The number of urea groups is 1. The number of benzene rings is 4. The van der Waals surface area contributed by atoms with Crippen LogP contribution in [0.3, 0.4) is 0 Å². The normalized spacial score (nSPS) is 19.5. The molecule has 21 heteroatoms. The van der Waals surface area contributed by atoms with Crippen molar-refractivity contribution >= 4 is 56.0 Å². The van der Waals surface area contributed by atoms with Gasteiger partial charge in [-0.25, -0.2) is 26.4 Å². The number of sulfone groups is 1. The van der Waals surface area contributed by atoms with Gasteiger partial charge in [0.25, 0.3) is 17.7 Å². The van der Waals surface area contributed by atoms with Crippen LogP contribution in [0.4, 0.5) is 29.5 Å². The third-order valence-corrected chi connectivity index (χ3v) is 14.0. The number of anilines is 2. The molecule has 69 heavy (non-hydrogen) atoms. The first kappa shape index (κ1) is 47.4. The zero-order valence-electron chi connectivity index (χ0n) is 38.4. The van der Waals surface area contributed by atoms with E-state index in [1.165, 1.54) is 34.9 Å². The Kier molecular flexibility index (Phi) is 12.8. The van der Waals surface area contributed by atoms with E-state index in [9.17, 15) is 27.6 Å². The number of piperazine rings is 1. The number of nitrogens with zero attached hydrogens (tertiary/aromatic N) is 7. The first-order valence-corrected chi connectivity index (χ1v) is 24.6. The Labute approximate surface area is 396 Å². The van der Waals surface area contributed by atoms with E-state index in [-0.39, 0.29) is 61.7 Å². The van der Waals surface area contributed by atoms with E-state index in [0.29, 0.717) is 65.6 Å². The second-order valence-electron chi connectivity index (χ2n) is 17.7. The van der Waals surface area contributed by atoms with Crippen LogP contribution in [0, 0.1) is 5.82 Å². The molecule has 5 amide bonds. The number of ether oxygens (including phenoxy) is 3. The number of aromatic nitrogens is 2. The number of aryl methyl sites for hydroxylation is 1. The standard InChI is InChI=1S/C48H51F3N8O9S/c1-5-67-40-23-30(11-14-38(40)66-3)37(27-69(4,64)65)59-45(61)32-7-6-8-35(43(32)46(59)62)56-19-21-57(22-20-56)41-15-17-55(28-48(41,50)51)26-29-9-12-31(13-10-29)68-39-25-36-33(24-34(39)49)44(53-54(36)2)58-18-16-42(60)52-47(58)63/h6-14,23-25,37,41H,5,15-22,26-28H2,1-4H3,(H,52,60,63)/t37-,41-/m1/s1. The molecule has 0 radical (unpaired) electrons. The first-order chi connectivity index (χ1) is 32.9. The summed E-state index contributed by atoms with van der Waals surface area (Å²) < 4.78 is 91.6. The third-order valence-electron chi connectivity index (χ3n) is 13.1. The van der Waals surface area contributed by atoms with Gasteiger partial charge in [0.2, 0.25) is 5.91 Å². The molecule has 0 aliphatic carbocycles. The highest BCUT2D eigenvalue weighted by molar-refractivity contribution is 7.90. The fourth-order valence-electron chi connectivity index (χ4n) is 9.80. The molecule has 4 aromatic carbocycles. The smallest absolute Gasteiger partial charge is 0.329 e. The number of carbonyl (C=O) groups is 4. The van der Waals surface area contributed by atoms with Gasteiger partial charge in [-0.2, -0.15) is 5.10 Å². The molecule has 0 saturated carbocycles. The summed E-state index contributed by atoms with van der Waals surface area (Å²) >= 11 is 0. The van der Waals surface area contributed by atoms with Gasteiger partial charge in [-0.15, -0.1) is 0 Å². The SMILES string of the molecule is CCOc1cc([C@@H](CS(C)(=O)=O)N2C(=O)c3cccc(N4CCN([C@@H]5CCN(Cc6ccc(Oc7cc8c(cc7F)c(N7CCC(=O)NC7=O)nn8C)cc6)CC5(F)F)CC4)c3C2=O)ccc1OC. The van der Waals surface area contributed by atoms with Crippen LogP contribution in [0.5, 0.6) is 23.0 Å². The van der Waals surface area contributed by atoms with E-state index in [1.54, 1.807) is 78.4 Å². The maximum absolute atomic E-state index is 16.1. The molecule has 4 aliphatic heterocycles. The Morgan fingerprint density at radius 3 is 2.33 bits per heavy atom. The molecule has 9 rings (SSSR count). The second-order valence-corrected chi connectivity index (χ2v) is 19.9. The van der Waals surface area contributed by atoms with Crippen LogP contribution in [0.25, 0.3) is 10.9 Å². The largest absolute Gasteiger partial charge is 0.493 e. The van der Waals surface area contributed by atoms with Crippen molar-refractivity contribution in [1.82, 2.24) is 29.8 Å². The molecular formula is C48H51F3N8O9S. The maximum atomic E-state index is 16.1. The zero-order chi connectivity index (χ0) is 48.9. The second kappa shape index (κ2) is 18.7. The molecule has 0 unspecified atom stereocenters. The van der Waals surface area contributed by atoms with Gasteiger partial charge >= 0.3 is 6.03 Å². The minimum atomic E-state index is -3.71. The number of amides is 5. The van der Waals surface area contributed by atoms with Crippen LogP contribution in [-0.2, 0) is 28.2 Å². The fraction of sp³-hybridized carbons (Fsp3) is 0.396. The Balaban J connectivity index is 0.822. The summed E-state index contributed by atoms with van der Waals surface area (Å²) in [5.74, 6) is -4.73. The summed E-state index contributed by atoms with van der Waals surface area (Å²) in [5, 5.41) is 7.00. The Morgan fingerprint density at radius 2 is 1.65 bits per heavy atom. The minimum absolute atomic E-state index is 0.0774. The van der Waals surface area contributed by atoms with Crippen LogP contribution >= 0.6 is 0 Å². The lowest BCUT2D eigenvalue weighted by atomic mass is 9.97. The summed E-state index contributed by atoms with van der Waals surface area (Å²) in [4.78, 5) is 60.2. The number of likely N-dealkylation sites (tertiary alicyclic amines) is 1. The van der Waals surface area contributed by atoms with Crippen LogP contribution in [0.2, 0.25) is 0 Å². The van der Waals surface area contributed by atoms with Crippen molar-refractivity contribution in [2.24, 2.45) is 7.05 Å². The molecular weight excluding hydrogens is 922 g/mol. The molecule has 2 atom stereocenters. The number of nitrogens with one attached hydrogen (secondary N) is 1. The summed E-state index contributed by atoms with van der Waals surface area (Å²) in [5.41, 5.74) is 2.40. The van der Waals surface area contributed by atoms with Gasteiger partial charge in [0.15, 0.2) is 28.9 Å². The number of halogens is 3. The van der Waals surface area contributed by atoms with Crippen molar-refractivity contribution in [3.63, 3.8) is 0 Å². The number of hydrogen-bond donors (Lipinski definition) is 1. The number of alkyl halides is 2. The number of methoxy groups -OCH3 is 1. The highest BCUT2D eigenvalue weighted by atomic mass is 32.2. The van der Waals surface area contributed by atoms with E-state index in [4.69, 9.17) is 14.2 Å². The van der Waals surface area contributed by atoms with Gasteiger partial charge in [0, 0.05) is 77.0 Å². The molecule has 5 aromatic rings. The summed E-state index contributed by atoms with van der Waals surface area (Å²) in [6.07, 6.45) is 1.35. The van der Waals surface area contributed by atoms with Crippen molar-refractivity contribution in [3.8, 4) is 23.0 Å². The molecule has 1 N–H and O–H groups in total. The van der Waals surface area contributed by atoms with Gasteiger partial charge < -0.3 is 19.1 Å². The molecule has 5 heterocycles. The molecule has 17 nitrogen and oxygen atoms in total.